The Morgan fingerprint density at radius 2 is 1.96 bits per heavy atom. The summed E-state index contributed by atoms with van der Waals surface area (Å²) in [6, 6.07) is 10.5. The summed E-state index contributed by atoms with van der Waals surface area (Å²) in [5.74, 6) is 1.55. The van der Waals surface area contributed by atoms with Crippen LogP contribution in [-0.2, 0) is 11.3 Å². The first-order valence-electron chi connectivity index (χ1n) is 10.2. The van der Waals surface area contributed by atoms with E-state index < -0.39 is 0 Å². The molecule has 2 fully saturated rings. The first-order valence-corrected chi connectivity index (χ1v) is 10.2. The first kappa shape index (κ1) is 18.2. The maximum absolute atomic E-state index is 12.8. The summed E-state index contributed by atoms with van der Waals surface area (Å²) in [5, 5.41) is 4.52. The van der Waals surface area contributed by atoms with E-state index in [1.165, 1.54) is 18.4 Å². The summed E-state index contributed by atoms with van der Waals surface area (Å²) in [5.41, 5.74) is 2.27. The van der Waals surface area contributed by atoms with Gasteiger partial charge < -0.3 is 4.90 Å². The van der Waals surface area contributed by atoms with Crippen LogP contribution >= 0.6 is 0 Å². The fraction of sp³-hybridized carbons (Fsp3) is 0.545. The van der Waals surface area contributed by atoms with Crippen LogP contribution in [0.4, 0.5) is 0 Å². The molecule has 0 spiro atoms. The van der Waals surface area contributed by atoms with Gasteiger partial charge in [0.2, 0.25) is 5.91 Å². The molecule has 1 saturated carbocycles. The molecule has 0 bridgehead atoms. The largest absolute Gasteiger partial charge is 0.338 e. The van der Waals surface area contributed by atoms with E-state index in [2.05, 4.69) is 47.1 Å². The molecule has 2 aromatic rings. The van der Waals surface area contributed by atoms with E-state index in [1.54, 1.807) is 0 Å². The molecule has 1 saturated heterocycles. The van der Waals surface area contributed by atoms with E-state index in [-0.39, 0.29) is 0 Å². The Morgan fingerprint density at radius 1 is 1.19 bits per heavy atom. The quantitative estimate of drug-likeness (QED) is 0.787. The Labute approximate surface area is 162 Å². The highest BCUT2D eigenvalue weighted by Crippen LogP contribution is 2.32. The average Bonchev–Trinajstić information content (AvgIpc) is 3.40. The molecule has 5 nitrogen and oxygen atoms in total. The average molecular weight is 367 g/mol. The normalized spacial score (nSPS) is 21.7. The monoisotopic (exact) mass is 366 g/mol. The number of nitrogens with zero attached hydrogens (tertiary/aromatic N) is 4. The van der Waals surface area contributed by atoms with Gasteiger partial charge in [-0.25, -0.2) is 4.68 Å². The number of hydrogen-bond donors (Lipinski definition) is 0. The predicted molar refractivity (Wildman–Crippen MR) is 107 cm³/mol. The SMILES string of the molecule is CC(C)C1CN(Cc2cnn(-c3ccccc3)c2)CCC(=O)N1CC1CC1. The third-order valence-electron chi connectivity index (χ3n) is 5.79. The van der Waals surface area contributed by atoms with Crippen molar-refractivity contribution in [3.63, 3.8) is 0 Å². The molecule has 144 valence electrons. The second kappa shape index (κ2) is 7.85. The molecule has 27 heavy (non-hydrogen) atoms. The number of rotatable bonds is 6. The van der Waals surface area contributed by atoms with Gasteiger partial charge in [0.05, 0.1) is 11.9 Å². The minimum atomic E-state index is 0.310. The fourth-order valence-corrected chi connectivity index (χ4v) is 3.99. The van der Waals surface area contributed by atoms with Crippen molar-refractivity contribution >= 4 is 5.91 Å². The molecule has 0 N–H and O–H groups in total. The van der Waals surface area contributed by atoms with Gasteiger partial charge in [-0.3, -0.25) is 9.69 Å². The third-order valence-corrected chi connectivity index (χ3v) is 5.79. The Kier molecular flexibility index (Phi) is 5.30. The van der Waals surface area contributed by atoms with E-state index in [1.807, 2.05) is 29.1 Å². The number of benzene rings is 1. The van der Waals surface area contributed by atoms with Crippen LogP contribution in [0.3, 0.4) is 0 Å². The highest BCUT2D eigenvalue weighted by molar-refractivity contribution is 5.77. The van der Waals surface area contributed by atoms with Crippen molar-refractivity contribution in [3.8, 4) is 5.69 Å². The summed E-state index contributed by atoms with van der Waals surface area (Å²) in [4.78, 5) is 17.4. The van der Waals surface area contributed by atoms with Crippen LogP contribution in [0.1, 0.15) is 38.7 Å². The van der Waals surface area contributed by atoms with Gasteiger partial charge in [0.15, 0.2) is 0 Å². The van der Waals surface area contributed by atoms with Gasteiger partial charge in [-0.1, -0.05) is 32.0 Å². The lowest BCUT2D eigenvalue weighted by molar-refractivity contribution is -0.133. The van der Waals surface area contributed by atoms with Gasteiger partial charge >= 0.3 is 0 Å². The maximum Gasteiger partial charge on any atom is 0.224 e. The lowest BCUT2D eigenvalue weighted by Gasteiger charge is -2.34. The van der Waals surface area contributed by atoms with E-state index in [0.29, 0.717) is 24.3 Å². The number of amides is 1. The summed E-state index contributed by atoms with van der Waals surface area (Å²) < 4.78 is 1.93. The molecule has 2 aliphatic rings. The molecular formula is C22H30N4O. The summed E-state index contributed by atoms with van der Waals surface area (Å²) in [6.45, 7) is 8.08. The Balaban J connectivity index is 1.46. The molecule has 1 amide bonds. The van der Waals surface area contributed by atoms with Crippen LogP contribution in [0, 0.1) is 11.8 Å². The first-order chi connectivity index (χ1) is 13.1. The molecule has 2 heterocycles. The van der Waals surface area contributed by atoms with Gasteiger partial charge in [0.25, 0.3) is 0 Å². The maximum atomic E-state index is 12.8. The van der Waals surface area contributed by atoms with Gasteiger partial charge in [0.1, 0.15) is 0 Å². The summed E-state index contributed by atoms with van der Waals surface area (Å²) in [7, 11) is 0. The lowest BCUT2D eigenvalue weighted by atomic mass is 10.0. The van der Waals surface area contributed by atoms with Gasteiger partial charge in [0, 0.05) is 50.4 Å². The zero-order valence-corrected chi connectivity index (χ0v) is 16.4. The van der Waals surface area contributed by atoms with Gasteiger partial charge in [-0.2, -0.15) is 5.10 Å². The number of carbonyl (C=O) groups excluding carboxylic acids is 1. The number of aromatic nitrogens is 2. The second-order valence-electron chi connectivity index (χ2n) is 8.41. The highest BCUT2D eigenvalue weighted by Gasteiger charge is 2.35. The molecule has 4 rings (SSSR count). The topological polar surface area (TPSA) is 41.4 Å². The molecule has 1 aromatic heterocycles. The Bertz CT molecular complexity index is 766. The summed E-state index contributed by atoms with van der Waals surface area (Å²) in [6.07, 6.45) is 7.26. The van der Waals surface area contributed by atoms with Crippen molar-refractivity contribution in [1.82, 2.24) is 19.6 Å². The Hall–Kier alpha value is -2.14. The van der Waals surface area contributed by atoms with E-state index in [0.717, 1.165) is 37.8 Å². The zero-order valence-electron chi connectivity index (χ0n) is 16.4. The minimum Gasteiger partial charge on any atom is -0.338 e. The number of hydrogen-bond acceptors (Lipinski definition) is 3. The van der Waals surface area contributed by atoms with Crippen molar-refractivity contribution in [1.29, 1.82) is 0 Å². The molecule has 5 heteroatoms. The molecule has 1 aliphatic heterocycles. The molecule has 1 aromatic carbocycles. The van der Waals surface area contributed by atoms with E-state index in [4.69, 9.17) is 0 Å². The Morgan fingerprint density at radius 3 is 2.67 bits per heavy atom. The minimum absolute atomic E-state index is 0.310. The molecule has 1 aliphatic carbocycles. The second-order valence-corrected chi connectivity index (χ2v) is 8.41. The third kappa shape index (κ3) is 4.41. The van der Waals surface area contributed by atoms with E-state index >= 15 is 0 Å². The van der Waals surface area contributed by atoms with Crippen LogP contribution < -0.4 is 0 Å². The number of carbonyl (C=O) groups is 1. The molecule has 1 unspecified atom stereocenters. The van der Waals surface area contributed by atoms with Crippen LogP contribution in [0.15, 0.2) is 42.7 Å². The molecule has 0 radical (unpaired) electrons. The standard InChI is InChI=1S/C22H30N4O/c1-17(2)21-16-24(11-10-22(27)25(21)14-18-8-9-18)13-19-12-23-26(15-19)20-6-4-3-5-7-20/h3-7,12,15,17-18,21H,8-11,13-14,16H2,1-2H3. The molecule has 1 atom stereocenters. The van der Waals surface area contributed by atoms with Crippen molar-refractivity contribution < 1.29 is 4.79 Å². The lowest BCUT2D eigenvalue weighted by Crippen LogP contribution is -2.47. The number of para-hydroxylation sites is 1. The van der Waals surface area contributed by atoms with Crippen LogP contribution in [-0.4, -0.2) is 51.2 Å². The van der Waals surface area contributed by atoms with Crippen LogP contribution in [0.5, 0.6) is 0 Å². The van der Waals surface area contributed by atoms with Gasteiger partial charge in [-0.15, -0.1) is 0 Å². The van der Waals surface area contributed by atoms with E-state index in [9.17, 15) is 4.79 Å². The highest BCUT2D eigenvalue weighted by atomic mass is 16.2. The van der Waals surface area contributed by atoms with Crippen molar-refractivity contribution in [2.75, 3.05) is 19.6 Å². The van der Waals surface area contributed by atoms with Crippen LogP contribution in [0.25, 0.3) is 5.69 Å². The smallest absolute Gasteiger partial charge is 0.224 e. The van der Waals surface area contributed by atoms with Gasteiger partial charge in [-0.05, 0) is 36.8 Å². The summed E-state index contributed by atoms with van der Waals surface area (Å²) >= 11 is 0. The molecular weight excluding hydrogens is 336 g/mol. The van der Waals surface area contributed by atoms with Crippen LogP contribution in [0.2, 0.25) is 0 Å². The van der Waals surface area contributed by atoms with Crippen molar-refractivity contribution in [2.24, 2.45) is 11.8 Å². The zero-order chi connectivity index (χ0) is 18.8. The van der Waals surface area contributed by atoms with Crippen molar-refractivity contribution in [2.45, 2.75) is 45.7 Å². The van der Waals surface area contributed by atoms with Crippen molar-refractivity contribution in [3.05, 3.63) is 48.3 Å². The predicted octanol–water partition coefficient (Wildman–Crippen LogP) is 3.34. The fourth-order valence-electron chi connectivity index (χ4n) is 3.99.